The molecule has 3 aromatic rings. The minimum Gasteiger partial charge on any atom is -0.477 e. The van der Waals surface area contributed by atoms with Gasteiger partial charge in [0, 0.05) is 35.4 Å². The highest BCUT2D eigenvalue weighted by molar-refractivity contribution is 7.99. The van der Waals surface area contributed by atoms with Crippen LogP contribution in [0.15, 0.2) is 40.2 Å². The van der Waals surface area contributed by atoms with E-state index < -0.39 is 11.4 Å². The van der Waals surface area contributed by atoms with Crippen LogP contribution >= 0.6 is 11.8 Å². The first-order valence-corrected chi connectivity index (χ1v) is 10.8. The highest BCUT2D eigenvalue weighted by Crippen LogP contribution is 2.43. The van der Waals surface area contributed by atoms with E-state index >= 15 is 0 Å². The molecule has 0 bridgehead atoms. The summed E-state index contributed by atoms with van der Waals surface area (Å²) >= 11 is 1.69. The lowest BCUT2D eigenvalue weighted by Gasteiger charge is -2.38. The molecule has 0 saturated heterocycles. The molecule has 158 valence electrons. The zero-order chi connectivity index (χ0) is 21.6. The minimum atomic E-state index is -1.20. The van der Waals surface area contributed by atoms with Crippen molar-refractivity contribution in [3.8, 4) is 11.4 Å². The van der Waals surface area contributed by atoms with Crippen molar-refractivity contribution in [2.24, 2.45) is 5.41 Å². The van der Waals surface area contributed by atoms with Crippen LogP contribution in [0.25, 0.3) is 22.3 Å². The quantitative estimate of drug-likeness (QED) is 0.491. The Labute approximate surface area is 178 Å². The average Bonchev–Trinajstić information content (AvgIpc) is 3.06. The summed E-state index contributed by atoms with van der Waals surface area (Å²) < 4.78 is 9.08. The molecule has 1 unspecified atom stereocenters. The van der Waals surface area contributed by atoms with Gasteiger partial charge >= 0.3 is 5.97 Å². The molecule has 8 heteroatoms. The highest BCUT2D eigenvalue weighted by atomic mass is 32.2. The molecule has 3 heterocycles. The maximum absolute atomic E-state index is 12.6. The third-order valence-corrected chi connectivity index (χ3v) is 6.52. The first-order valence-electron chi connectivity index (χ1n) is 9.83. The Morgan fingerprint density at radius 2 is 2.13 bits per heavy atom. The molecule has 0 spiro atoms. The van der Waals surface area contributed by atoms with Gasteiger partial charge in [0.05, 0.1) is 30.6 Å². The molecule has 0 fully saturated rings. The van der Waals surface area contributed by atoms with Gasteiger partial charge < -0.3 is 14.4 Å². The van der Waals surface area contributed by atoms with Gasteiger partial charge in [-0.05, 0) is 11.5 Å². The second kappa shape index (κ2) is 7.59. The second-order valence-corrected chi connectivity index (χ2v) is 9.69. The fraction of sp³-hybridized carbons (Fsp3) is 0.409. The molecule has 0 radical (unpaired) electrons. The maximum Gasteiger partial charge on any atom is 0.341 e. The van der Waals surface area contributed by atoms with Crippen LogP contribution in [-0.2, 0) is 11.3 Å². The number of hydrogen-bond donors (Lipinski definition) is 1. The number of benzene rings is 1. The summed E-state index contributed by atoms with van der Waals surface area (Å²) in [4.78, 5) is 25.2. The van der Waals surface area contributed by atoms with Crippen molar-refractivity contribution < 1.29 is 14.6 Å². The van der Waals surface area contributed by atoms with Crippen molar-refractivity contribution in [1.82, 2.24) is 14.3 Å². The second-order valence-electron chi connectivity index (χ2n) is 8.56. The molecule has 4 rings (SSSR count). The number of carboxylic acid groups (broad SMARTS) is 1. The van der Waals surface area contributed by atoms with Gasteiger partial charge in [0.1, 0.15) is 11.1 Å². The largest absolute Gasteiger partial charge is 0.477 e. The molecule has 1 aliphatic rings. The number of hydrogen-bond acceptors (Lipinski definition) is 5. The Hall–Kier alpha value is -2.58. The zero-order valence-electron chi connectivity index (χ0n) is 17.5. The number of nitrogens with zero attached hydrogens (tertiary/aromatic N) is 3. The van der Waals surface area contributed by atoms with E-state index in [0.717, 1.165) is 27.2 Å². The Morgan fingerprint density at radius 1 is 1.37 bits per heavy atom. The Bertz CT molecular complexity index is 1190. The Morgan fingerprint density at radius 3 is 2.80 bits per heavy atom. The molecule has 2 aromatic heterocycles. The zero-order valence-corrected chi connectivity index (χ0v) is 18.3. The van der Waals surface area contributed by atoms with E-state index in [2.05, 4.69) is 20.8 Å². The number of rotatable bonds is 5. The summed E-state index contributed by atoms with van der Waals surface area (Å²) in [5.74, 6) is -0.385. The number of thioether (sulfide) groups is 1. The maximum atomic E-state index is 12.6. The van der Waals surface area contributed by atoms with E-state index in [1.165, 1.54) is 12.3 Å². The van der Waals surface area contributed by atoms with Gasteiger partial charge in [0.25, 0.3) is 0 Å². The van der Waals surface area contributed by atoms with Gasteiger partial charge in [-0.3, -0.25) is 9.48 Å². The van der Waals surface area contributed by atoms with Crippen LogP contribution in [0.1, 0.15) is 37.2 Å². The third kappa shape index (κ3) is 3.44. The summed E-state index contributed by atoms with van der Waals surface area (Å²) in [6.07, 6.45) is 1.50. The smallest absolute Gasteiger partial charge is 0.341 e. The number of aromatic nitrogens is 3. The number of pyridine rings is 1. The number of ether oxygens (including phenoxy) is 1. The van der Waals surface area contributed by atoms with Gasteiger partial charge in [0.15, 0.2) is 5.43 Å². The topological polar surface area (TPSA) is 86.3 Å². The van der Waals surface area contributed by atoms with E-state index in [0.29, 0.717) is 18.8 Å². The number of methoxy groups -OCH3 is 1. The predicted octanol–water partition coefficient (Wildman–Crippen LogP) is 3.90. The summed E-state index contributed by atoms with van der Waals surface area (Å²) in [7, 11) is 1.68. The molecule has 30 heavy (non-hydrogen) atoms. The molecule has 1 atom stereocenters. The minimum absolute atomic E-state index is 0.0439. The van der Waals surface area contributed by atoms with Gasteiger partial charge in [-0.15, -0.1) is 11.8 Å². The Balaban J connectivity index is 1.96. The van der Waals surface area contributed by atoms with Crippen molar-refractivity contribution >= 4 is 28.6 Å². The monoisotopic (exact) mass is 427 g/mol. The number of aromatic carboxylic acids is 1. The summed E-state index contributed by atoms with van der Waals surface area (Å²) in [5.41, 5.74) is 1.60. The predicted molar refractivity (Wildman–Crippen MR) is 117 cm³/mol. The van der Waals surface area contributed by atoms with E-state index in [9.17, 15) is 14.7 Å². The van der Waals surface area contributed by atoms with Gasteiger partial charge in [-0.25, -0.2) is 4.79 Å². The summed E-state index contributed by atoms with van der Waals surface area (Å²) in [6.45, 7) is 7.59. The van der Waals surface area contributed by atoms with E-state index in [1.807, 2.05) is 27.4 Å². The molecule has 1 N–H and O–H groups in total. The lowest BCUT2D eigenvalue weighted by molar-refractivity contribution is 0.0693. The van der Waals surface area contributed by atoms with Crippen molar-refractivity contribution in [2.45, 2.75) is 38.3 Å². The van der Waals surface area contributed by atoms with Gasteiger partial charge in [-0.1, -0.05) is 32.9 Å². The van der Waals surface area contributed by atoms with Crippen LogP contribution < -0.4 is 5.43 Å². The van der Waals surface area contributed by atoms with Gasteiger partial charge in [0.2, 0.25) is 0 Å². The van der Waals surface area contributed by atoms with Crippen molar-refractivity contribution in [1.29, 1.82) is 0 Å². The lowest BCUT2D eigenvalue weighted by Crippen LogP contribution is -2.35. The molecular formula is C22H25N3O4S. The van der Waals surface area contributed by atoms with Crippen molar-refractivity contribution in [2.75, 3.05) is 19.5 Å². The van der Waals surface area contributed by atoms with Crippen molar-refractivity contribution in [3.63, 3.8) is 0 Å². The fourth-order valence-corrected chi connectivity index (χ4v) is 4.91. The van der Waals surface area contributed by atoms with Crippen LogP contribution in [0.2, 0.25) is 0 Å². The molecule has 0 amide bonds. The molecule has 1 aliphatic heterocycles. The fourth-order valence-electron chi connectivity index (χ4n) is 3.98. The average molecular weight is 428 g/mol. The molecule has 0 saturated carbocycles. The summed E-state index contributed by atoms with van der Waals surface area (Å²) in [6, 6.07) is 7.44. The molecular weight excluding hydrogens is 402 g/mol. The molecule has 7 nitrogen and oxygen atoms in total. The first kappa shape index (κ1) is 20.7. The van der Waals surface area contributed by atoms with E-state index in [-0.39, 0.29) is 17.0 Å². The summed E-state index contributed by atoms with van der Waals surface area (Å²) in [5, 5.41) is 15.3. The van der Waals surface area contributed by atoms with Crippen LogP contribution in [0.4, 0.5) is 0 Å². The number of fused-ring (bicyclic) bond motifs is 5. The number of carbonyl (C=O) groups is 1. The van der Waals surface area contributed by atoms with Crippen LogP contribution in [-0.4, -0.2) is 44.9 Å². The first-order chi connectivity index (χ1) is 14.2. The lowest BCUT2D eigenvalue weighted by atomic mass is 9.85. The van der Waals surface area contributed by atoms with Crippen molar-refractivity contribution in [3.05, 3.63) is 46.2 Å². The van der Waals surface area contributed by atoms with E-state index in [4.69, 9.17) is 9.84 Å². The van der Waals surface area contributed by atoms with Crippen LogP contribution in [0.3, 0.4) is 0 Å². The standard InChI is InChI=1S/C22H25N3O4S/c1-22(2,3)18-12-25-20(15-10-16(26)14(21(27)28)11-24(15)18)13-6-5-7-17(19(13)23-25)30-9-8-29-4/h5-7,10-11,18H,8-9,12H2,1-4H3,(H,27,28). The molecule has 0 aliphatic carbocycles. The SMILES string of the molecule is COCCSc1cccc2c3n(nc12)CC(C(C)(C)C)n1cc(C(=O)O)c(=O)cc1-3. The highest BCUT2D eigenvalue weighted by Gasteiger charge is 2.35. The third-order valence-electron chi connectivity index (χ3n) is 5.51. The number of carboxylic acids is 1. The van der Waals surface area contributed by atoms with E-state index in [1.54, 1.807) is 18.9 Å². The molecule has 1 aromatic carbocycles. The Kier molecular flexibility index (Phi) is 5.23. The normalized spacial score (nSPS) is 15.8. The van der Waals surface area contributed by atoms with Gasteiger partial charge in [-0.2, -0.15) is 5.10 Å². The van der Waals surface area contributed by atoms with Crippen LogP contribution in [0.5, 0.6) is 0 Å². The van der Waals surface area contributed by atoms with Crippen LogP contribution in [0, 0.1) is 5.41 Å².